The molecule has 17 heavy (non-hydrogen) atoms. The van der Waals surface area contributed by atoms with E-state index in [0.29, 0.717) is 5.92 Å². The number of rotatable bonds is 4. The SMILES string of the molecule is CC(C)C(Oc1cccc2c1CCN2)N(C)C. The molecule has 0 saturated carbocycles. The fourth-order valence-corrected chi connectivity index (χ4v) is 2.39. The highest BCUT2D eigenvalue weighted by atomic mass is 16.5. The van der Waals surface area contributed by atoms with Gasteiger partial charge in [-0.1, -0.05) is 19.9 Å². The van der Waals surface area contributed by atoms with Crippen molar-refractivity contribution in [3.8, 4) is 5.75 Å². The minimum Gasteiger partial charge on any atom is -0.475 e. The van der Waals surface area contributed by atoms with Gasteiger partial charge in [-0.3, -0.25) is 4.90 Å². The third kappa shape index (κ3) is 2.55. The van der Waals surface area contributed by atoms with Crippen LogP contribution in [0.15, 0.2) is 18.2 Å². The molecule has 1 aliphatic heterocycles. The average molecular weight is 234 g/mol. The zero-order valence-corrected chi connectivity index (χ0v) is 11.2. The Morgan fingerprint density at radius 3 is 2.71 bits per heavy atom. The molecule has 0 aromatic heterocycles. The van der Waals surface area contributed by atoms with Gasteiger partial charge in [-0.15, -0.1) is 0 Å². The van der Waals surface area contributed by atoms with Crippen molar-refractivity contribution in [1.82, 2.24) is 4.90 Å². The predicted molar refractivity (Wildman–Crippen MR) is 71.6 cm³/mol. The van der Waals surface area contributed by atoms with Gasteiger partial charge in [-0.25, -0.2) is 0 Å². The summed E-state index contributed by atoms with van der Waals surface area (Å²) in [7, 11) is 4.12. The lowest BCUT2D eigenvalue weighted by atomic mass is 10.1. The number of ether oxygens (including phenoxy) is 1. The number of fused-ring (bicyclic) bond motifs is 1. The lowest BCUT2D eigenvalue weighted by molar-refractivity contribution is 0.0247. The highest BCUT2D eigenvalue weighted by Crippen LogP contribution is 2.32. The van der Waals surface area contributed by atoms with Gasteiger partial charge in [0.2, 0.25) is 0 Å². The molecular weight excluding hydrogens is 212 g/mol. The monoisotopic (exact) mass is 234 g/mol. The summed E-state index contributed by atoms with van der Waals surface area (Å²) in [6.45, 7) is 5.39. The minimum atomic E-state index is 0.127. The maximum absolute atomic E-state index is 6.17. The molecule has 1 aromatic rings. The van der Waals surface area contributed by atoms with Gasteiger partial charge >= 0.3 is 0 Å². The van der Waals surface area contributed by atoms with Crippen LogP contribution in [0.4, 0.5) is 5.69 Å². The number of hydrogen-bond acceptors (Lipinski definition) is 3. The zero-order valence-electron chi connectivity index (χ0n) is 11.2. The summed E-state index contributed by atoms with van der Waals surface area (Å²) in [5.41, 5.74) is 2.55. The Hall–Kier alpha value is -1.22. The minimum absolute atomic E-state index is 0.127. The van der Waals surface area contributed by atoms with Crippen LogP contribution in [0.3, 0.4) is 0 Å². The van der Waals surface area contributed by atoms with Crippen molar-refractivity contribution in [1.29, 1.82) is 0 Å². The summed E-state index contributed by atoms with van der Waals surface area (Å²) in [5, 5.41) is 3.38. The first-order chi connectivity index (χ1) is 8.09. The molecule has 0 bridgehead atoms. The van der Waals surface area contributed by atoms with E-state index in [1.165, 1.54) is 11.3 Å². The molecule has 94 valence electrons. The molecule has 1 heterocycles. The quantitative estimate of drug-likeness (QED) is 0.810. The van der Waals surface area contributed by atoms with Crippen molar-refractivity contribution < 1.29 is 4.74 Å². The number of hydrogen-bond donors (Lipinski definition) is 1. The molecule has 2 rings (SSSR count). The van der Waals surface area contributed by atoms with Crippen LogP contribution in [-0.4, -0.2) is 31.8 Å². The van der Waals surface area contributed by atoms with Crippen molar-refractivity contribution in [3.63, 3.8) is 0 Å². The first kappa shape index (κ1) is 12.2. The van der Waals surface area contributed by atoms with Crippen LogP contribution in [0.5, 0.6) is 5.75 Å². The number of nitrogens with one attached hydrogen (secondary N) is 1. The van der Waals surface area contributed by atoms with Crippen molar-refractivity contribution in [2.45, 2.75) is 26.5 Å². The van der Waals surface area contributed by atoms with E-state index in [0.717, 1.165) is 18.7 Å². The first-order valence-electron chi connectivity index (χ1n) is 6.28. The number of anilines is 1. The van der Waals surface area contributed by atoms with Gasteiger partial charge in [0.25, 0.3) is 0 Å². The maximum atomic E-state index is 6.17. The van der Waals surface area contributed by atoms with Gasteiger partial charge in [-0.2, -0.15) is 0 Å². The van der Waals surface area contributed by atoms with E-state index in [9.17, 15) is 0 Å². The Kier molecular flexibility index (Phi) is 3.57. The van der Waals surface area contributed by atoms with Crippen molar-refractivity contribution >= 4 is 5.69 Å². The van der Waals surface area contributed by atoms with Gasteiger partial charge in [0.1, 0.15) is 5.75 Å². The molecule has 1 aromatic carbocycles. The van der Waals surface area contributed by atoms with Crippen LogP contribution in [0.25, 0.3) is 0 Å². The summed E-state index contributed by atoms with van der Waals surface area (Å²) >= 11 is 0. The van der Waals surface area contributed by atoms with Crippen molar-refractivity contribution in [2.24, 2.45) is 5.92 Å². The molecule has 1 atom stereocenters. The molecule has 1 aliphatic rings. The molecule has 3 heteroatoms. The number of benzene rings is 1. The standard InChI is InChI=1S/C14H22N2O/c1-10(2)14(16(3)4)17-13-7-5-6-12-11(13)8-9-15-12/h5-7,10,14-15H,8-9H2,1-4H3. The largest absolute Gasteiger partial charge is 0.475 e. The van der Waals surface area contributed by atoms with Gasteiger partial charge in [0.15, 0.2) is 6.23 Å². The molecule has 0 fully saturated rings. The van der Waals surface area contributed by atoms with Crippen LogP contribution in [-0.2, 0) is 6.42 Å². The van der Waals surface area contributed by atoms with Crippen molar-refractivity contribution in [2.75, 3.05) is 26.0 Å². The molecule has 1 unspecified atom stereocenters. The Labute approximate surface area is 104 Å². The maximum Gasteiger partial charge on any atom is 0.154 e. The lowest BCUT2D eigenvalue weighted by Crippen LogP contribution is -2.38. The van der Waals surface area contributed by atoms with E-state index in [2.05, 4.69) is 56.4 Å². The van der Waals surface area contributed by atoms with Gasteiger partial charge < -0.3 is 10.1 Å². The smallest absolute Gasteiger partial charge is 0.154 e. The second kappa shape index (κ2) is 4.96. The Morgan fingerprint density at radius 1 is 1.29 bits per heavy atom. The molecule has 0 aliphatic carbocycles. The highest BCUT2D eigenvalue weighted by molar-refractivity contribution is 5.61. The van der Waals surface area contributed by atoms with Gasteiger partial charge in [0.05, 0.1) is 0 Å². The third-order valence-corrected chi connectivity index (χ3v) is 3.15. The summed E-state index contributed by atoms with van der Waals surface area (Å²) in [6, 6.07) is 6.25. The summed E-state index contributed by atoms with van der Waals surface area (Å²) < 4.78 is 6.17. The molecule has 0 radical (unpaired) electrons. The van der Waals surface area contributed by atoms with Crippen LogP contribution < -0.4 is 10.1 Å². The predicted octanol–water partition coefficient (Wildman–Crippen LogP) is 2.58. The normalized spacial score (nSPS) is 15.9. The number of nitrogens with zero attached hydrogens (tertiary/aromatic N) is 1. The third-order valence-electron chi connectivity index (χ3n) is 3.15. The summed E-state index contributed by atoms with van der Waals surface area (Å²) in [5.74, 6) is 1.50. The zero-order chi connectivity index (χ0) is 12.4. The average Bonchev–Trinajstić information content (AvgIpc) is 2.73. The lowest BCUT2D eigenvalue weighted by Gasteiger charge is -2.29. The Morgan fingerprint density at radius 2 is 2.06 bits per heavy atom. The molecule has 1 N–H and O–H groups in total. The van der Waals surface area contributed by atoms with E-state index in [4.69, 9.17) is 4.74 Å². The van der Waals surface area contributed by atoms with Crippen LogP contribution in [0, 0.1) is 5.92 Å². The van der Waals surface area contributed by atoms with Gasteiger partial charge in [-0.05, 0) is 32.6 Å². The van der Waals surface area contributed by atoms with Gasteiger partial charge in [0, 0.05) is 23.7 Å². The van der Waals surface area contributed by atoms with E-state index in [1.54, 1.807) is 0 Å². The van der Waals surface area contributed by atoms with E-state index in [-0.39, 0.29) is 6.23 Å². The van der Waals surface area contributed by atoms with E-state index < -0.39 is 0 Å². The summed E-state index contributed by atoms with van der Waals surface area (Å²) in [6.07, 6.45) is 1.19. The van der Waals surface area contributed by atoms with Crippen molar-refractivity contribution in [3.05, 3.63) is 23.8 Å². The second-order valence-corrected chi connectivity index (χ2v) is 5.18. The van der Waals surface area contributed by atoms with Crippen LogP contribution in [0.1, 0.15) is 19.4 Å². The highest BCUT2D eigenvalue weighted by Gasteiger charge is 2.21. The second-order valence-electron chi connectivity index (χ2n) is 5.18. The molecule has 3 nitrogen and oxygen atoms in total. The van der Waals surface area contributed by atoms with E-state index in [1.807, 2.05) is 0 Å². The summed E-state index contributed by atoms with van der Waals surface area (Å²) in [4.78, 5) is 2.13. The fourth-order valence-electron chi connectivity index (χ4n) is 2.39. The molecule has 0 spiro atoms. The fraction of sp³-hybridized carbons (Fsp3) is 0.571. The Bertz CT molecular complexity index is 380. The molecule has 0 amide bonds. The molecular formula is C14H22N2O. The first-order valence-corrected chi connectivity index (χ1v) is 6.28. The van der Waals surface area contributed by atoms with Crippen LogP contribution >= 0.6 is 0 Å². The topological polar surface area (TPSA) is 24.5 Å². The van der Waals surface area contributed by atoms with Crippen LogP contribution in [0.2, 0.25) is 0 Å². The Balaban J connectivity index is 2.21. The molecule has 0 saturated heterocycles. The van der Waals surface area contributed by atoms with E-state index >= 15 is 0 Å².